The summed E-state index contributed by atoms with van der Waals surface area (Å²) < 4.78 is 26.3. The number of amides is 1. The molecule has 0 bridgehead atoms. The SMILES string of the molecule is O=C(N[C@@H]1C=C[C@H](CO)C1)c1cc(F)c(F)cc1Br. The fourth-order valence-electron chi connectivity index (χ4n) is 1.96. The fourth-order valence-corrected chi connectivity index (χ4v) is 2.46. The lowest BCUT2D eigenvalue weighted by atomic mass is 10.1. The van der Waals surface area contributed by atoms with Crippen LogP contribution in [0, 0.1) is 17.6 Å². The lowest BCUT2D eigenvalue weighted by Gasteiger charge is -2.13. The molecule has 1 aromatic carbocycles. The van der Waals surface area contributed by atoms with Crippen molar-refractivity contribution in [3.8, 4) is 0 Å². The van der Waals surface area contributed by atoms with Crippen molar-refractivity contribution < 1.29 is 18.7 Å². The Hall–Kier alpha value is -1.27. The van der Waals surface area contributed by atoms with Crippen LogP contribution >= 0.6 is 15.9 Å². The highest BCUT2D eigenvalue weighted by Crippen LogP contribution is 2.22. The Balaban J connectivity index is 2.09. The van der Waals surface area contributed by atoms with Crippen LogP contribution in [0.4, 0.5) is 8.78 Å². The van der Waals surface area contributed by atoms with E-state index >= 15 is 0 Å². The number of nitrogens with one attached hydrogen (secondary N) is 1. The van der Waals surface area contributed by atoms with E-state index in [4.69, 9.17) is 5.11 Å². The van der Waals surface area contributed by atoms with Crippen molar-refractivity contribution >= 4 is 21.8 Å². The van der Waals surface area contributed by atoms with Crippen molar-refractivity contribution in [1.29, 1.82) is 0 Å². The first kappa shape index (κ1) is 14.1. The Bertz CT molecular complexity index is 534. The molecule has 0 fully saturated rings. The van der Waals surface area contributed by atoms with Crippen LogP contribution in [0.2, 0.25) is 0 Å². The van der Waals surface area contributed by atoms with Gasteiger partial charge in [-0.15, -0.1) is 0 Å². The molecule has 0 heterocycles. The van der Waals surface area contributed by atoms with Crippen LogP contribution in [-0.2, 0) is 0 Å². The second-order valence-electron chi connectivity index (χ2n) is 4.39. The Morgan fingerprint density at radius 3 is 2.68 bits per heavy atom. The number of benzene rings is 1. The van der Waals surface area contributed by atoms with E-state index < -0.39 is 17.5 Å². The molecule has 2 N–H and O–H groups in total. The molecule has 0 radical (unpaired) electrons. The fraction of sp³-hybridized carbons (Fsp3) is 0.308. The molecule has 0 aliphatic heterocycles. The monoisotopic (exact) mass is 331 g/mol. The Labute approximate surface area is 117 Å². The summed E-state index contributed by atoms with van der Waals surface area (Å²) in [4.78, 5) is 12.0. The number of hydrogen-bond donors (Lipinski definition) is 2. The van der Waals surface area contributed by atoms with Gasteiger partial charge in [-0.3, -0.25) is 4.79 Å². The molecule has 0 spiro atoms. The van der Waals surface area contributed by atoms with Gasteiger partial charge < -0.3 is 10.4 Å². The van der Waals surface area contributed by atoms with Crippen molar-refractivity contribution in [3.05, 3.63) is 46.0 Å². The highest BCUT2D eigenvalue weighted by Gasteiger charge is 2.22. The highest BCUT2D eigenvalue weighted by molar-refractivity contribution is 9.10. The molecule has 0 saturated heterocycles. The molecule has 0 unspecified atom stereocenters. The number of rotatable bonds is 3. The quantitative estimate of drug-likeness (QED) is 0.660. The second-order valence-corrected chi connectivity index (χ2v) is 5.24. The van der Waals surface area contributed by atoms with Gasteiger partial charge in [-0.1, -0.05) is 12.2 Å². The first-order chi connectivity index (χ1) is 9.01. The molecule has 6 heteroatoms. The summed E-state index contributed by atoms with van der Waals surface area (Å²) in [5, 5.41) is 11.7. The summed E-state index contributed by atoms with van der Waals surface area (Å²) in [5.74, 6) is -2.54. The molecule has 0 saturated carbocycles. The van der Waals surface area contributed by atoms with Gasteiger partial charge in [-0.25, -0.2) is 8.78 Å². The standard InChI is InChI=1S/C13H12BrF2NO2/c14-10-5-12(16)11(15)4-9(10)13(19)17-8-2-1-7(3-8)6-18/h1-2,4-5,7-8,18H,3,6H2,(H,17,19)/t7-,8+/m0/s1. The van der Waals surface area contributed by atoms with Crippen LogP contribution in [0.3, 0.4) is 0 Å². The summed E-state index contributed by atoms with van der Waals surface area (Å²) in [6, 6.07) is 1.58. The van der Waals surface area contributed by atoms with E-state index in [1.807, 2.05) is 6.08 Å². The Morgan fingerprint density at radius 2 is 2.05 bits per heavy atom. The third-order valence-corrected chi connectivity index (χ3v) is 3.63. The van der Waals surface area contributed by atoms with Gasteiger partial charge in [0, 0.05) is 23.0 Å². The molecule has 1 aliphatic carbocycles. The summed E-state index contributed by atoms with van der Waals surface area (Å²) in [6.45, 7) is 0.0255. The predicted octanol–water partition coefficient (Wildman–Crippen LogP) is 2.39. The van der Waals surface area contributed by atoms with E-state index in [9.17, 15) is 13.6 Å². The maximum absolute atomic E-state index is 13.1. The van der Waals surface area contributed by atoms with Gasteiger partial charge >= 0.3 is 0 Å². The third kappa shape index (κ3) is 3.19. The van der Waals surface area contributed by atoms with Gasteiger partial charge in [0.25, 0.3) is 5.91 Å². The molecular formula is C13H12BrF2NO2. The van der Waals surface area contributed by atoms with Crippen LogP contribution in [0.5, 0.6) is 0 Å². The zero-order chi connectivity index (χ0) is 14.0. The van der Waals surface area contributed by atoms with Gasteiger partial charge in [0.1, 0.15) is 0 Å². The molecule has 2 atom stereocenters. The summed E-state index contributed by atoms with van der Waals surface area (Å²) in [7, 11) is 0. The molecule has 102 valence electrons. The van der Waals surface area contributed by atoms with Crippen LogP contribution in [-0.4, -0.2) is 23.7 Å². The summed E-state index contributed by atoms with van der Waals surface area (Å²) in [5.41, 5.74) is 0.0414. The molecule has 1 amide bonds. The number of hydrogen-bond acceptors (Lipinski definition) is 2. The van der Waals surface area contributed by atoms with Crippen molar-refractivity contribution in [3.63, 3.8) is 0 Å². The number of halogens is 3. The average molecular weight is 332 g/mol. The normalized spacial score (nSPS) is 21.7. The van der Waals surface area contributed by atoms with Gasteiger partial charge in [-0.05, 0) is 34.5 Å². The van der Waals surface area contributed by atoms with E-state index in [0.29, 0.717) is 6.42 Å². The second kappa shape index (κ2) is 5.79. The zero-order valence-corrected chi connectivity index (χ0v) is 11.5. The maximum Gasteiger partial charge on any atom is 0.252 e. The van der Waals surface area contributed by atoms with E-state index in [1.165, 1.54) is 0 Å². The van der Waals surface area contributed by atoms with Gasteiger partial charge in [0.2, 0.25) is 0 Å². The van der Waals surface area contributed by atoms with Crippen molar-refractivity contribution in [1.82, 2.24) is 5.32 Å². The molecule has 0 aromatic heterocycles. The molecule has 1 aliphatic rings. The van der Waals surface area contributed by atoms with Crippen LogP contribution in [0.1, 0.15) is 16.8 Å². The number of carbonyl (C=O) groups is 1. The first-order valence-electron chi connectivity index (χ1n) is 5.76. The largest absolute Gasteiger partial charge is 0.396 e. The Kier molecular flexibility index (Phi) is 4.31. The molecule has 3 nitrogen and oxygen atoms in total. The highest BCUT2D eigenvalue weighted by atomic mass is 79.9. The van der Waals surface area contributed by atoms with Gasteiger partial charge in [0.05, 0.1) is 5.56 Å². The van der Waals surface area contributed by atoms with E-state index in [1.54, 1.807) is 6.08 Å². The number of aliphatic hydroxyl groups is 1. The number of aliphatic hydroxyl groups excluding tert-OH is 1. The van der Waals surface area contributed by atoms with Crippen molar-refractivity contribution in [2.45, 2.75) is 12.5 Å². The van der Waals surface area contributed by atoms with Crippen LogP contribution in [0.25, 0.3) is 0 Å². The Morgan fingerprint density at radius 1 is 1.37 bits per heavy atom. The van der Waals surface area contributed by atoms with Crippen molar-refractivity contribution in [2.24, 2.45) is 5.92 Å². The van der Waals surface area contributed by atoms with Crippen molar-refractivity contribution in [2.75, 3.05) is 6.61 Å². The van der Waals surface area contributed by atoms with E-state index in [0.717, 1.165) is 12.1 Å². The smallest absolute Gasteiger partial charge is 0.252 e. The summed E-state index contributed by atoms with van der Waals surface area (Å²) in [6.07, 6.45) is 4.21. The van der Waals surface area contributed by atoms with Crippen LogP contribution < -0.4 is 5.32 Å². The molecule has 2 rings (SSSR count). The maximum atomic E-state index is 13.1. The van der Waals surface area contributed by atoms with E-state index in [2.05, 4.69) is 21.2 Å². The van der Waals surface area contributed by atoms with E-state index in [-0.39, 0.29) is 28.6 Å². The minimum absolute atomic E-state index is 0.0255. The predicted molar refractivity (Wildman–Crippen MR) is 69.6 cm³/mol. The average Bonchev–Trinajstić information content (AvgIpc) is 2.81. The minimum Gasteiger partial charge on any atom is -0.396 e. The lowest BCUT2D eigenvalue weighted by molar-refractivity contribution is 0.0939. The molecule has 19 heavy (non-hydrogen) atoms. The first-order valence-corrected chi connectivity index (χ1v) is 6.55. The summed E-state index contributed by atoms with van der Waals surface area (Å²) >= 11 is 3.03. The topological polar surface area (TPSA) is 49.3 Å². The van der Waals surface area contributed by atoms with Gasteiger partial charge in [0.15, 0.2) is 11.6 Å². The van der Waals surface area contributed by atoms with Gasteiger partial charge in [-0.2, -0.15) is 0 Å². The zero-order valence-electron chi connectivity index (χ0n) is 9.87. The number of carbonyl (C=O) groups excluding carboxylic acids is 1. The third-order valence-electron chi connectivity index (χ3n) is 2.98. The molecule has 1 aromatic rings. The minimum atomic E-state index is -1.07. The van der Waals surface area contributed by atoms with Crippen LogP contribution in [0.15, 0.2) is 28.8 Å². The lowest BCUT2D eigenvalue weighted by Crippen LogP contribution is -2.33. The molecular weight excluding hydrogens is 320 g/mol.